The van der Waals surface area contributed by atoms with Crippen LogP contribution in [0.3, 0.4) is 0 Å². The molecule has 2 heterocycles. The maximum absolute atomic E-state index is 12.1. The Labute approximate surface area is 134 Å². The molecule has 2 N–H and O–H groups in total. The molecule has 1 fully saturated rings. The second-order valence-corrected chi connectivity index (χ2v) is 6.18. The second-order valence-electron chi connectivity index (χ2n) is 5.15. The zero-order chi connectivity index (χ0) is 14.5. The standard InChI is InChI=1S/C14H20N2O3S.ClH/c1-10(13(17)15-8-12-5-3-7-20-12)16-6-2-4-11(9-16)14(18)19;/h3,5,7,10-11H,2,4,6,8-9H2,1H3,(H,15,17)(H,18,19);1H. The number of aliphatic carboxylic acids is 1. The molecule has 0 spiro atoms. The van der Waals surface area contributed by atoms with Crippen LogP contribution in [0, 0.1) is 5.92 Å². The number of thiophene rings is 1. The number of nitrogens with one attached hydrogen (secondary N) is 1. The lowest BCUT2D eigenvalue weighted by Crippen LogP contribution is -2.50. The summed E-state index contributed by atoms with van der Waals surface area (Å²) in [6, 6.07) is 3.66. The lowest BCUT2D eigenvalue weighted by Gasteiger charge is -2.34. The fourth-order valence-corrected chi connectivity index (χ4v) is 3.11. The van der Waals surface area contributed by atoms with E-state index in [9.17, 15) is 9.59 Å². The molecule has 2 unspecified atom stereocenters. The zero-order valence-electron chi connectivity index (χ0n) is 11.9. The summed E-state index contributed by atoms with van der Waals surface area (Å²) in [6.45, 7) is 3.63. The molecule has 0 aromatic carbocycles. The molecule has 2 atom stereocenters. The summed E-state index contributed by atoms with van der Waals surface area (Å²) < 4.78 is 0. The Bertz CT molecular complexity index is 467. The fraction of sp³-hybridized carbons (Fsp3) is 0.571. The van der Waals surface area contributed by atoms with Crippen LogP contribution in [0.15, 0.2) is 17.5 Å². The molecule has 1 aromatic rings. The average Bonchev–Trinajstić information content (AvgIpc) is 2.97. The number of rotatable bonds is 5. The summed E-state index contributed by atoms with van der Waals surface area (Å²) in [7, 11) is 0. The summed E-state index contributed by atoms with van der Waals surface area (Å²) >= 11 is 1.61. The molecule has 1 aliphatic heterocycles. The van der Waals surface area contributed by atoms with Crippen LogP contribution in [0.4, 0.5) is 0 Å². The van der Waals surface area contributed by atoms with Crippen LogP contribution in [0.5, 0.6) is 0 Å². The summed E-state index contributed by atoms with van der Waals surface area (Å²) in [6.07, 6.45) is 1.54. The van der Waals surface area contributed by atoms with E-state index in [2.05, 4.69) is 5.32 Å². The van der Waals surface area contributed by atoms with Gasteiger partial charge >= 0.3 is 5.97 Å². The Kier molecular flexibility index (Phi) is 7.14. The first kappa shape index (κ1) is 17.9. The predicted molar refractivity (Wildman–Crippen MR) is 84.8 cm³/mol. The molecule has 0 saturated carbocycles. The Morgan fingerprint density at radius 3 is 2.95 bits per heavy atom. The third-order valence-electron chi connectivity index (χ3n) is 3.75. The highest BCUT2D eigenvalue weighted by Crippen LogP contribution is 2.19. The van der Waals surface area contributed by atoms with Gasteiger partial charge in [-0.05, 0) is 37.8 Å². The molecule has 5 nitrogen and oxygen atoms in total. The lowest BCUT2D eigenvalue weighted by molar-refractivity contribution is -0.145. The van der Waals surface area contributed by atoms with E-state index < -0.39 is 5.97 Å². The van der Waals surface area contributed by atoms with Gasteiger partial charge in [-0.2, -0.15) is 0 Å². The number of carboxylic acids is 1. The number of amides is 1. The first-order chi connectivity index (χ1) is 9.58. The third-order valence-corrected chi connectivity index (χ3v) is 4.62. The fourth-order valence-electron chi connectivity index (χ4n) is 2.46. The van der Waals surface area contributed by atoms with Crippen LogP contribution in [-0.4, -0.2) is 41.0 Å². The quantitative estimate of drug-likeness (QED) is 0.865. The first-order valence-corrected chi connectivity index (χ1v) is 7.73. The minimum Gasteiger partial charge on any atom is -0.481 e. The average molecular weight is 333 g/mol. The van der Waals surface area contributed by atoms with Crippen LogP contribution in [0.25, 0.3) is 0 Å². The van der Waals surface area contributed by atoms with Gasteiger partial charge in [0.15, 0.2) is 0 Å². The summed E-state index contributed by atoms with van der Waals surface area (Å²) in [5.74, 6) is -1.15. The summed E-state index contributed by atoms with van der Waals surface area (Å²) in [4.78, 5) is 26.2. The molecule has 0 radical (unpaired) electrons. The van der Waals surface area contributed by atoms with Crippen molar-refractivity contribution in [3.05, 3.63) is 22.4 Å². The molecule has 21 heavy (non-hydrogen) atoms. The maximum atomic E-state index is 12.1. The normalized spacial score (nSPS) is 20.3. The van der Waals surface area contributed by atoms with Crippen LogP contribution < -0.4 is 5.32 Å². The molecule has 0 aliphatic carbocycles. The number of nitrogens with zero attached hydrogens (tertiary/aromatic N) is 1. The molecular weight excluding hydrogens is 312 g/mol. The minimum absolute atomic E-state index is 0. The highest BCUT2D eigenvalue weighted by Gasteiger charge is 2.30. The van der Waals surface area contributed by atoms with Crippen molar-refractivity contribution in [2.45, 2.75) is 32.4 Å². The highest BCUT2D eigenvalue weighted by atomic mass is 35.5. The van der Waals surface area contributed by atoms with Gasteiger partial charge in [-0.1, -0.05) is 6.07 Å². The molecule has 1 saturated heterocycles. The van der Waals surface area contributed by atoms with E-state index in [-0.39, 0.29) is 30.3 Å². The smallest absolute Gasteiger partial charge is 0.307 e. The van der Waals surface area contributed by atoms with Gasteiger partial charge in [0.05, 0.1) is 18.5 Å². The van der Waals surface area contributed by atoms with Gasteiger partial charge in [0.2, 0.25) is 5.91 Å². The van der Waals surface area contributed by atoms with Gasteiger partial charge in [0, 0.05) is 11.4 Å². The van der Waals surface area contributed by atoms with Crippen molar-refractivity contribution >= 4 is 35.6 Å². The molecule has 1 amide bonds. The topological polar surface area (TPSA) is 69.6 Å². The number of piperidine rings is 1. The molecular formula is C14H21ClN2O3S. The van der Waals surface area contributed by atoms with Crippen molar-refractivity contribution < 1.29 is 14.7 Å². The predicted octanol–water partition coefficient (Wildman–Crippen LogP) is 1.97. The minimum atomic E-state index is -0.763. The van der Waals surface area contributed by atoms with E-state index in [0.29, 0.717) is 19.5 Å². The van der Waals surface area contributed by atoms with E-state index in [0.717, 1.165) is 17.8 Å². The Morgan fingerprint density at radius 1 is 1.57 bits per heavy atom. The third kappa shape index (κ3) is 4.98. The van der Waals surface area contributed by atoms with Crippen molar-refractivity contribution in [3.63, 3.8) is 0 Å². The number of hydrogen-bond acceptors (Lipinski definition) is 4. The SMILES string of the molecule is CC(C(=O)NCc1cccs1)N1CCCC(C(=O)O)C1.Cl. The molecule has 0 bridgehead atoms. The monoisotopic (exact) mass is 332 g/mol. The molecule has 1 aromatic heterocycles. The van der Waals surface area contributed by atoms with Crippen molar-refractivity contribution in [1.29, 1.82) is 0 Å². The number of hydrogen-bond donors (Lipinski definition) is 2. The van der Waals surface area contributed by atoms with E-state index in [1.165, 1.54) is 0 Å². The van der Waals surface area contributed by atoms with Crippen molar-refractivity contribution in [2.75, 3.05) is 13.1 Å². The summed E-state index contributed by atoms with van der Waals surface area (Å²) in [5.41, 5.74) is 0. The number of carbonyl (C=O) groups excluding carboxylic acids is 1. The van der Waals surface area contributed by atoms with E-state index in [1.54, 1.807) is 11.3 Å². The van der Waals surface area contributed by atoms with Crippen molar-refractivity contribution in [3.8, 4) is 0 Å². The van der Waals surface area contributed by atoms with Gasteiger partial charge in [0.1, 0.15) is 0 Å². The van der Waals surface area contributed by atoms with Crippen LogP contribution in [0.1, 0.15) is 24.6 Å². The van der Waals surface area contributed by atoms with Crippen molar-refractivity contribution in [1.82, 2.24) is 10.2 Å². The number of halogens is 1. The number of likely N-dealkylation sites (tertiary alicyclic amines) is 1. The van der Waals surface area contributed by atoms with Gasteiger partial charge in [-0.25, -0.2) is 0 Å². The summed E-state index contributed by atoms with van der Waals surface area (Å²) in [5, 5.41) is 14.0. The molecule has 118 valence electrons. The van der Waals surface area contributed by atoms with Gasteiger partial charge in [0.25, 0.3) is 0 Å². The number of carbonyl (C=O) groups is 2. The van der Waals surface area contributed by atoms with Crippen LogP contribution in [0.2, 0.25) is 0 Å². The van der Waals surface area contributed by atoms with Gasteiger partial charge in [-0.3, -0.25) is 14.5 Å². The first-order valence-electron chi connectivity index (χ1n) is 6.85. The largest absolute Gasteiger partial charge is 0.481 e. The highest BCUT2D eigenvalue weighted by molar-refractivity contribution is 7.09. The zero-order valence-corrected chi connectivity index (χ0v) is 13.6. The van der Waals surface area contributed by atoms with Gasteiger partial charge < -0.3 is 10.4 Å². The second kappa shape index (κ2) is 8.36. The van der Waals surface area contributed by atoms with Crippen LogP contribution in [-0.2, 0) is 16.1 Å². The van der Waals surface area contributed by atoms with E-state index in [1.807, 2.05) is 29.3 Å². The molecule has 1 aliphatic rings. The van der Waals surface area contributed by atoms with Gasteiger partial charge in [-0.15, -0.1) is 23.7 Å². The Balaban J connectivity index is 0.00000220. The van der Waals surface area contributed by atoms with E-state index >= 15 is 0 Å². The Hall–Kier alpha value is -1.11. The maximum Gasteiger partial charge on any atom is 0.307 e. The Morgan fingerprint density at radius 2 is 2.33 bits per heavy atom. The van der Waals surface area contributed by atoms with Crippen molar-refractivity contribution in [2.24, 2.45) is 5.92 Å². The molecule has 2 rings (SSSR count). The lowest BCUT2D eigenvalue weighted by atomic mass is 9.97. The molecule has 7 heteroatoms. The number of carboxylic acid groups (broad SMARTS) is 1. The van der Waals surface area contributed by atoms with Crippen LogP contribution >= 0.6 is 23.7 Å². The van der Waals surface area contributed by atoms with E-state index in [4.69, 9.17) is 5.11 Å².